The Balaban J connectivity index is 3.02. The lowest BCUT2D eigenvalue weighted by Crippen LogP contribution is -2.22. The van der Waals surface area contributed by atoms with Crippen molar-refractivity contribution >= 4 is 0 Å². The van der Waals surface area contributed by atoms with E-state index in [0.717, 1.165) is 19.5 Å². The van der Waals surface area contributed by atoms with Crippen LogP contribution in [0.5, 0.6) is 0 Å². The second-order valence-electron chi connectivity index (χ2n) is 6.33. The molecule has 0 bridgehead atoms. The maximum atomic E-state index is 5.52. The van der Waals surface area contributed by atoms with Crippen LogP contribution >= 0.6 is 0 Å². The van der Waals surface area contributed by atoms with Gasteiger partial charge in [0.25, 0.3) is 0 Å². The summed E-state index contributed by atoms with van der Waals surface area (Å²) in [5.74, 6) is 0. The van der Waals surface area contributed by atoms with E-state index >= 15 is 0 Å². The molecular weight excluding hydrogens is 244 g/mol. The standard InChI is InChI=1S/C18H40N2/c1-3-4-5-6-7-8-9-10-11-12-13-14-17-20(2)18-15-16-19/h3-19H2,1-2H3. The van der Waals surface area contributed by atoms with E-state index in [4.69, 9.17) is 5.73 Å². The lowest BCUT2D eigenvalue weighted by molar-refractivity contribution is 0.321. The molecule has 0 aromatic rings. The van der Waals surface area contributed by atoms with Gasteiger partial charge < -0.3 is 10.6 Å². The zero-order chi connectivity index (χ0) is 14.9. The van der Waals surface area contributed by atoms with Crippen LogP contribution in [-0.2, 0) is 0 Å². The third kappa shape index (κ3) is 16.0. The molecule has 0 radical (unpaired) electrons. The Kier molecular flexibility index (Phi) is 16.9. The van der Waals surface area contributed by atoms with Crippen molar-refractivity contribution in [2.45, 2.75) is 90.4 Å². The Morgan fingerprint density at radius 3 is 1.45 bits per heavy atom. The van der Waals surface area contributed by atoms with E-state index in [1.807, 2.05) is 0 Å². The minimum absolute atomic E-state index is 0.822. The maximum Gasteiger partial charge on any atom is -0.000977 e. The van der Waals surface area contributed by atoms with Gasteiger partial charge in [-0.25, -0.2) is 0 Å². The average molecular weight is 285 g/mol. The van der Waals surface area contributed by atoms with Crippen LogP contribution in [0, 0.1) is 0 Å². The van der Waals surface area contributed by atoms with E-state index in [0.29, 0.717) is 0 Å². The zero-order valence-corrected chi connectivity index (χ0v) is 14.3. The molecular formula is C18H40N2. The molecule has 0 aliphatic heterocycles. The monoisotopic (exact) mass is 284 g/mol. The molecule has 0 saturated carbocycles. The normalized spacial score (nSPS) is 11.4. The molecule has 20 heavy (non-hydrogen) atoms. The SMILES string of the molecule is CCCCCCCCCCCCCCN(C)CCCN. The molecule has 2 N–H and O–H groups in total. The summed E-state index contributed by atoms with van der Waals surface area (Å²) >= 11 is 0. The minimum Gasteiger partial charge on any atom is -0.330 e. The molecule has 0 unspecified atom stereocenters. The van der Waals surface area contributed by atoms with Gasteiger partial charge in [-0.15, -0.1) is 0 Å². The van der Waals surface area contributed by atoms with Crippen LogP contribution in [0.2, 0.25) is 0 Å². The fourth-order valence-corrected chi connectivity index (χ4v) is 2.70. The second kappa shape index (κ2) is 17.0. The predicted octanol–water partition coefficient (Wildman–Crippen LogP) is 4.97. The van der Waals surface area contributed by atoms with Gasteiger partial charge in [-0.05, 0) is 39.5 Å². The van der Waals surface area contributed by atoms with Gasteiger partial charge >= 0.3 is 0 Å². The van der Waals surface area contributed by atoms with E-state index < -0.39 is 0 Å². The molecule has 2 heteroatoms. The molecule has 0 aliphatic rings. The Labute approximate surface area is 128 Å². The van der Waals surface area contributed by atoms with Gasteiger partial charge in [0.05, 0.1) is 0 Å². The van der Waals surface area contributed by atoms with E-state index in [1.165, 1.54) is 83.6 Å². The first kappa shape index (κ1) is 19.9. The lowest BCUT2D eigenvalue weighted by Gasteiger charge is -2.15. The highest BCUT2D eigenvalue weighted by atomic mass is 15.1. The summed E-state index contributed by atoms with van der Waals surface area (Å²) in [6.07, 6.45) is 18.3. The molecule has 0 spiro atoms. The van der Waals surface area contributed by atoms with E-state index in [2.05, 4.69) is 18.9 Å². The van der Waals surface area contributed by atoms with Crippen molar-refractivity contribution in [3.8, 4) is 0 Å². The minimum atomic E-state index is 0.822. The quantitative estimate of drug-likeness (QED) is 0.406. The Morgan fingerprint density at radius 2 is 1.00 bits per heavy atom. The molecule has 0 aromatic carbocycles. The van der Waals surface area contributed by atoms with E-state index in [-0.39, 0.29) is 0 Å². The number of unbranched alkanes of at least 4 members (excludes halogenated alkanes) is 11. The van der Waals surface area contributed by atoms with Gasteiger partial charge in [0.2, 0.25) is 0 Å². The summed E-state index contributed by atoms with van der Waals surface area (Å²) in [4.78, 5) is 2.42. The molecule has 0 rings (SSSR count). The van der Waals surface area contributed by atoms with Crippen molar-refractivity contribution in [3.63, 3.8) is 0 Å². The van der Waals surface area contributed by atoms with Crippen LogP contribution in [0.1, 0.15) is 90.4 Å². The third-order valence-electron chi connectivity index (χ3n) is 4.14. The number of hydrogen-bond acceptors (Lipinski definition) is 2. The van der Waals surface area contributed by atoms with E-state index in [9.17, 15) is 0 Å². The van der Waals surface area contributed by atoms with Crippen LogP contribution in [0.25, 0.3) is 0 Å². The topological polar surface area (TPSA) is 29.3 Å². The van der Waals surface area contributed by atoms with Crippen molar-refractivity contribution in [1.82, 2.24) is 4.90 Å². The van der Waals surface area contributed by atoms with Crippen molar-refractivity contribution < 1.29 is 0 Å². The maximum absolute atomic E-state index is 5.52. The van der Waals surface area contributed by atoms with Gasteiger partial charge in [0.15, 0.2) is 0 Å². The molecule has 122 valence electrons. The molecule has 0 aromatic heterocycles. The fraction of sp³-hybridized carbons (Fsp3) is 1.00. The first-order chi connectivity index (χ1) is 9.81. The smallest absolute Gasteiger partial charge is 0.000977 e. The fourth-order valence-electron chi connectivity index (χ4n) is 2.70. The number of nitrogens with zero attached hydrogens (tertiary/aromatic N) is 1. The Bertz CT molecular complexity index is 171. The third-order valence-corrected chi connectivity index (χ3v) is 4.14. The molecule has 0 saturated heterocycles. The van der Waals surface area contributed by atoms with Crippen molar-refractivity contribution in [1.29, 1.82) is 0 Å². The van der Waals surface area contributed by atoms with Crippen molar-refractivity contribution in [2.24, 2.45) is 5.73 Å². The number of hydrogen-bond donors (Lipinski definition) is 1. The molecule has 0 heterocycles. The first-order valence-corrected chi connectivity index (χ1v) is 9.20. The number of nitrogens with two attached hydrogens (primary N) is 1. The van der Waals surface area contributed by atoms with Gasteiger partial charge in [-0.1, -0.05) is 77.6 Å². The van der Waals surface area contributed by atoms with Gasteiger partial charge in [0.1, 0.15) is 0 Å². The van der Waals surface area contributed by atoms with Crippen molar-refractivity contribution in [3.05, 3.63) is 0 Å². The number of rotatable bonds is 16. The van der Waals surface area contributed by atoms with Gasteiger partial charge in [-0.3, -0.25) is 0 Å². The Morgan fingerprint density at radius 1 is 0.600 bits per heavy atom. The molecule has 2 nitrogen and oxygen atoms in total. The average Bonchev–Trinajstić information content (AvgIpc) is 2.46. The predicted molar refractivity (Wildman–Crippen MR) is 92.2 cm³/mol. The van der Waals surface area contributed by atoms with Crippen LogP contribution < -0.4 is 5.73 Å². The zero-order valence-electron chi connectivity index (χ0n) is 14.3. The highest BCUT2D eigenvalue weighted by Gasteiger charge is 1.97. The molecule has 0 aliphatic carbocycles. The van der Waals surface area contributed by atoms with E-state index in [1.54, 1.807) is 0 Å². The molecule has 0 atom stereocenters. The summed E-state index contributed by atoms with van der Waals surface area (Å²) in [5, 5.41) is 0. The van der Waals surface area contributed by atoms with Crippen molar-refractivity contribution in [2.75, 3.05) is 26.7 Å². The second-order valence-corrected chi connectivity index (χ2v) is 6.33. The first-order valence-electron chi connectivity index (χ1n) is 9.20. The van der Waals surface area contributed by atoms with Crippen LogP contribution in [-0.4, -0.2) is 31.6 Å². The van der Waals surface area contributed by atoms with Crippen LogP contribution in [0.15, 0.2) is 0 Å². The Hall–Kier alpha value is -0.0800. The largest absolute Gasteiger partial charge is 0.330 e. The summed E-state index contributed by atoms with van der Waals surface area (Å²) in [6, 6.07) is 0. The molecule has 0 amide bonds. The summed E-state index contributed by atoms with van der Waals surface area (Å²) in [7, 11) is 2.22. The highest BCUT2D eigenvalue weighted by molar-refractivity contribution is 4.54. The summed E-state index contributed by atoms with van der Waals surface area (Å²) in [6.45, 7) is 5.52. The van der Waals surface area contributed by atoms with Gasteiger partial charge in [-0.2, -0.15) is 0 Å². The van der Waals surface area contributed by atoms with Crippen LogP contribution in [0.3, 0.4) is 0 Å². The highest BCUT2D eigenvalue weighted by Crippen LogP contribution is 2.11. The molecule has 0 fully saturated rings. The lowest BCUT2D eigenvalue weighted by atomic mass is 10.1. The summed E-state index contributed by atoms with van der Waals surface area (Å²) < 4.78 is 0. The van der Waals surface area contributed by atoms with Crippen LogP contribution in [0.4, 0.5) is 0 Å². The summed E-state index contributed by atoms with van der Waals surface area (Å²) in [5.41, 5.74) is 5.52. The van der Waals surface area contributed by atoms with Gasteiger partial charge in [0, 0.05) is 0 Å².